The van der Waals surface area contributed by atoms with Crippen LogP contribution in [0.2, 0.25) is 0 Å². The zero-order valence-electron chi connectivity index (χ0n) is 19.3. The zero-order valence-corrected chi connectivity index (χ0v) is 25.7. The number of hydrogen-bond acceptors (Lipinski definition) is 0. The van der Waals surface area contributed by atoms with Crippen molar-refractivity contribution < 1.29 is 43.9 Å². The average molecular weight is 858 g/mol. The molecule has 0 spiro atoms. The number of rotatable bonds is 2. The third kappa shape index (κ3) is 3.83. The predicted molar refractivity (Wildman–Crippen MR) is 145 cm³/mol. The molecule has 0 aliphatic heterocycles. The SMILES string of the molecule is Fc1c(F)c(F)c(-c2cc3c(Br)c(Br)c4[nH]n(-c5c(F)c(F)c(F)c(F)c5F)[nH]n5c(Br)c(Br)c(c2)c3c45)c(F)c1F. The minimum absolute atomic E-state index is 0.000696. The number of nitrogens with zero attached hydrogens (tertiary/aromatic N) is 2. The highest BCUT2D eigenvalue weighted by Gasteiger charge is 2.31. The normalized spacial score (nSPS) is 12.0. The number of hydrogen-bond donors (Lipinski definition) is 2. The van der Waals surface area contributed by atoms with E-state index in [4.69, 9.17) is 0 Å². The Kier molecular flexibility index (Phi) is 6.94. The van der Waals surface area contributed by atoms with Crippen LogP contribution < -0.4 is 0 Å². The second-order valence-electron chi connectivity index (χ2n) is 8.65. The number of H-pyrrole nitrogens is 2. The molecule has 218 valence electrons. The predicted octanol–water partition coefficient (Wildman–Crippen LogP) is 10.4. The lowest BCUT2D eigenvalue weighted by molar-refractivity contribution is 0.369. The molecule has 0 radical (unpaired) electrons. The van der Waals surface area contributed by atoms with E-state index >= 15 is 0 Å². The van der Waals surface area contributed by atoms with E-state index in [1.165, 1.54) is 0 Å². The van der Waals surface area contributed by atoms with E-state index in [1.54, 1.807) is 0 Å². The molecule has 6 aromatic rings. The third-order valence-corrected chi connectivity index (χ3v) is 10.7. The van der Waals surface area contributed by atoms with Gasteiger partial charge in [-0.25, -0.2) is 53.6 Å². The van der Waals surface area contributed by atoms with Crippen LogP contribution in [-0.4, -0.2) is 19.6 Å². The molecule has 0 aliphatic carbocycles. The summed E-state index contributed by atoms with van der Waals surface area (Å²) in [6.45, 7) is 0. The first-order valence-electron chi connectivity index (χ1n) is 10.9. The maximum Gasteiger partial charge on any atom is 0.200 e. The number of halogens is 14. The summed E-state index contributed by atoms with van der Waals surface area (Å²) >= 11 is 13.1. The van der Waals surface area contributed by atoms with Crippen LogP contribution in [0.4, 0.5) is 43.9 Å². The van der Waals surface area contributed by atoms with Gasteiger partial charge < -0.3 is 0 Å². The first-order valence-corrected chi connectivity index (χ1v) is 14.1. The largest absolute Gasteiger partial charge is 0.275 e. The van der Waals surface area contributed by atoms with Gasteiger partial charge in [-0.1, -0.05) is 0 Å². The van der Waals surface area contributed by atoms with E-state index in [-0.39, 0.29) is 45.2 Å². The number of nitrogens with one attached hydrogen (secondary N) is 2. The first kappa shape index (κ1) is 29.4. The minimum Gasteiger partial charge on any atom is -0.275 e. The van der Waals surface area contributed by atoms with Crippen molar-refractivity contribution in [2.24, 2.45) is 0 Å². The molecule has 0 atom stereocenters. The Balaban J connectivity index is 1.78. The van der Waals surface area contributed by atoms with Crippen molar-refractivity contribution >= 4 is 90.9 Å². The van der Waals surface area contributed by atoms with Crippen LogP contribution in [0.5, 0.6) is 0 Å². The van der Waals surface area contributed by atoms with Crippen LogP contribution in [0, 0.1) is 58.2 Å². The van der Waals surface area contributed by atoms with Gasteiger partial charge in [-0.2, -0.15) is 4.80 Å². The van der Waals surface area contributed by atoms with E-state index in [1.807, 2.05) is 0 Å². The molecule has 0 saturated carbocycles. The highest BCUT2D eigenvalue weighted by Crippen LogP contribution is 2.47. The summed E-state index contributed by atoms with van der Waals surface area (Å²) in [7, 11) is 0. The van der Waals surface area contributed by atoms with Crippen molar-refractivity contribution in [2.75, 3.05) is 0 Å². The molecule has 0 unspecified atom stereocenters. The quantitative estimate of drug-likeness (QED) is 0.0573. The van der Waals surface area contributed by atoms with Gasteiger partial charge in [-0.15, -0.1) is 0 Å². The lowest BCUT2D eigenvalue weighted by atomic mass is 9.96. The van der Waals surface area contributed by atoms with Gasteiger partial charge >= 0.3 is 0 Å². The highest BCUT2D eigenvalue weighted by molar-refractivity contribution is 9.13. The summed E-state index contributed by atoms with van der Waals surface area (Å²) in [4.78, 5) is 0.428. The van der Waals surface area contributed by atoms with Gasteiger partial charge in [0.05, 0.1) is 25.5 Å². The fourth-order valence-corrected chi connectivity index (χ4v) is 6.52. The van der Waals surface area contributed by atoms with E-state index in [0.29, 0.717) is 4.80 Å². The maximum absolute atomic E-state index is 14.8. The molecular weight excluding hydrogens is 854 g/mol. The second-order valence-corrected chi connectivity index (χ2v) is 11.8. The fourth-order valence-electron chi connectivity index (χ4n) is 4.56. The Labute approximate surface area is 258 Å². The summed E-state index contributed by atoms with van der Waals surface area (Å²) in [5.41, 5.74) is -2.82. The van der Waals surface area contributed by atoms with Crippen molar-refractivity contribution in [1.82, 2.24) is 19.6 Å². The van der Waals surface area contributed by atoms with Crippen molar-refractivity contribution in [1.29, 1.82) is 0 Å². The highest BCUT2D eigenvalue weighted by atomic mass is 79.9. The van der Waals surface area contributed by atoms with Crippen LogP contribution >= 0.6 is 63.7 Å². The lowest BCUT2D eigenvalue weighted by Crippen LogP contribution is -2.19. The van der Waals surface area contributed by atoms with Gasteiger partial charge in [0, 0.05) is 20.6 Å². The number of aromatic amines is 2. The summed E-state index contributed by atoms with van der Waals surface area (Å²) in [5.74, 6) is -21.8. The Morgan fingerprint density at radius 3 is 1.52 bits per heavy atom. The standard InChI is InChI=1S/C24H4Br4F10N4/c25-8-4-1-3(6-11(29)13(31)15(33)14(32)12(6)30)2-5-7(4)22-21(10(8)27)39-42(40-41(22)24(28)9(5)26)23-19(37)17(35)16(34)18(36)20(23)38/h1-2,39-40H. The van der Waals surface area contributed by atoms with Gasteiger partial charge in [0.2, 0.25) is 11.6 Å². The molecule has 0 amide bonds. The monoisotopic (exact) mass is 854 g/mol. The Morgan fingerprint density at radius 2 is 1.00 bits per heavy atom. The van der Waals surface area contributed by atoms with Crippen molar-refractivity contribution in [2.45, 2.75) is 0 Å². The maximum atomic E-state index is 14.8. The smallest absolute Gasteiger partial charge is 0.200 e. The summed E-state index contributed by atoms with van der Waals surface area (Å²) in [6, 6.07) is 2.28. The van der Waals surface area contributed by atoms with Crippen molar-refractivity contribution in [3.05, 3.63) is 88.3 Å². The molecule has 0 aliphatic rings. The molecule has 0 saturated heterocycles. The van der Waals surface area contributed by atoms with Crippen LogP contribution in [0.15, 0.2) is 30.2 Å². The summed E-state index contributed by atoms with van der Waals surface area (Å²) in [6.07, 6.45) is 0. The van der Waals surface area contributed by atoms with E-state index in [2.05, 4.69) is 74.0 Å². The fraction of sp³-hybridized carbons (Fsp3) is 0. The van der Waals surface area contributed by atoms with Gasteiger partial charge in [0.25, 0.3) is 0 Å². The number of benzene rings is 4. The van der Waals surface area contributed by atoms with Gasteiger partial charge in [0.15, 0.2) is 52.2 Å². The number of aromatic nitrogens is 4. The van der Waals surface area contributed by atoms with Gasteiger partial charge in [-0.3, -0.25) is 5.10 Å². The van der Waals surface area contributed by atoms with E-state index < -0.39 is 75.0 Å². The molecule has 2 aromatic heterocycles. The number of pyridine rings is 1. The molecule has 42 heavy (non-hydrogen) atoms. The zero-order chi connectivity index (χ0) is 30.7. The Bertz CT molecular complexity index is 1920. The van der Waals surface area contributed by atoms with Crippen molar-refractivity contribution in [3.8, 4) is 16.8 Å². The van der Waals surface area contributed by atoms with Crippen LogP contribution in [0.25, 0.3) is 44.0 Å². The summed E-state index contributed by atoms with van der Waals surface area (Å²) < 4.78 is 144. The Morgan fingerprint density at radius 1 is 0.548 bits per heavy atom. The van der Waals surface area contributed by atoms with Gasteiger partial charge in [0.1, 0.15) is 4.60 Å². The van der Waals surface area contributed by atoms with E-state index in [9.17, 15) is 43.9 Å². The molecule has 6 rings (SSSR count). The van der Waals surface area contributed by atoms with Gasteiger partial charge in [-0.05, 0) is 81.4 Å². The molecule has 18 heteroatoms. The molecule has 2 N–H and O–H groups in total. The molecule has 4 nitrogen and oxygen atoms in total. The van der Waals surface area contributed by atoms with Crippen molar-refractivity contribution in [3.63, 3.8) is 0 Å². The van der Waals surface area contributed by atoms with Crippen LogP contribution in [0.1, 0.15) is 0 Å². The lowest BCUT2D eigenvalue weighted by Gasteiger charge is -2.22. The van der Waals surface area contributed by atoms with Crippen LogP contribution in [0.3, 0.4) is 0 Å². The first-order chi connectivity index (χ1) is 19.7. The molecule has 4 aromatic carbocycles. The molecule has 2 heterocycles. The molecular formula is C24H4Br4F10N4. The third-order valence-electron chi connectivity index (χ3n) is 6.43. The van der Waals surface area contributed by atoms with Crippen LogP contribution in [-0.2, 0) is 0 Å². The average Bonchev–Trinajstić information content (AvgIpc) is 2.97. The minimum atomic E-state index is -2.36. The Hall–Kier alpha value is -2.70. The molecule has 0 bridgehead atoms. The summed E-state index contributed by atoms with van der Waals surface area (Å²) in [5, 5.41) is 5.58. The second kappa shape index (κ2) is 9.92. The topological polar surface area (TPSA) is 40.9 Å². The molecule has 0 fully saturated rings. The van der Waals surface area contributed by atoms with E-state index in [0.717, 1.165) is 16.6 Å².